The summed E-state index contributed by atoms with van der Waals surface area (Å²) in [5.74, 6) is 0.633. The minimum Gasteiger partial charge on any atom is -0.306 e. The molecule has 124 valence electrons. The highest BCUT2D eigenvalue weighted by atomic mass is 35.5. The molecular formula is C16H30ClO3P. The molecule has 21 heavy (non-hydrogen) atoms. The number of unbranched alkanes of at least 4 members (excludes halogenated alkanes) is 4. The first-order valence-electron chi connectivity index (χ1n) is 7.96. The van der Waals surface area contributed by atoms with Crippen molar-refractivity contribution in [1.29, 1.82) is 0 Å². The van der Waals surface area contributed by atoms with Gasteiger partial charge in [0, 0.05) is 5.88 Å². The fourth-order valence-corrected chi connectivity index (χ4v) is 3.69. The predicted octanol–water partition coefficient (Wildman–Crippen LogP) is 6.29. The van der Waals surface area contributed by atoms with Gasteiger partial charge in [0.05, 0.1) is 18.5 Å². The van der Waals surface area contributed by atoms with Crippen molar-refractivity contribution < 1.29 is 13.6 Å². The molecular weight excluding hydrogens is 307 g/mol. The van der Waals surface area contributed by atoms with Gasteiger partial charge in [-0.25, -0.2) is 0 Å². The van der Waals surface area contributed by atoms with Gasteiger partial charge in [-0.05, 0) is 39.5 Å². The largest absolute Gasteiger partial charge is 0.360 e. The van der Waals surface area contributed by atoms with E-state index in [-0.39, 0.29) is 0 Å². The van der Waals surface area contributed by atoms with Crippen LogP contribution in [0.25, 0.3) is 0 Å². The summed E-state index contributed by atoms with van der Waals surface area (Å²) >= 11 is 5.67. The molecule has 0 heterocycles. The molecule has 0 aromatic heterocycles. The van der Waals surface area contributed by atoms with Gasteiger partial charge in [-0.2, -0.15) is 0 Å². The number of hydrogen-bond donors (Lipinski definition) is 0. The third-order valence-corrected chi connectivity index (χ3v) is 5.30. The Morgan fingerprint density at radius 3 is 2.24 bits per heavy atom. The molecule has 0 radical (unpaired) electrons. The third-order valence-electron chi connectivity index (χ3n) is 2.87. The first-order chi connectivity index (χ1) is 10.1. The molecule has 0 bridgehead atoms. The minimum absolute atomic E-state index is 0.374. The third kappa shape index (κ3) is 9.52. The lowest BCUT2D eigenvalue weighted by Gasteiger charge is -2.18. The average Bonchev–Trinajstić information content (AvgIpc) is 2.46. The monoisotopic (exact) mass is 336 g/mol. The Bertz CT molecular complexity index is 343. The molecule has 0 atom stereocenters. The highest BCUT2D eigenvalue weighted by molar-refractivity contribution is 7.58. The van der Waals surface area contributed by atoms with Crippen molar-refractivity contribution in [2.75, 3.05) is 19.1 Å². The van der Waals surface area contributed by atoms with Crippen molar-refractivity contribution in [3.8, 4) is 0 Å². The van der Waals surface area contributed by atoms with E-state index in [9.17, 15) is 4.57 Å². The van der Waals surface area contributed by atoms with Crippen molar-refractivity contribution in [2.45, 2.75) is 59.3 Å². The topological polar surface area (TPSA) is 35.5 Å². The summed E-state index contributed by atoms with van der Waals surface area (Å²) in [6.45, 7) is 6.58. The van der Waals surface area contributed by atoms with Crippen molar-refractivity contribution >= 4 is 19.2 Å². The summed E-state index contributed by atoms with van der Waals surface area (Å²) in [5.41, 5.74) is 0. The molecule has 0 aliphatic heterocycles. The Labute approximate surface area is 135 Å². The van der Waals surface area contributed by atoms with Crippen LogP contribution in [0, 0.1) is 0 Å². The Morgan fingerprint density at radius 1 is 1.05 bits per heavy atom. The minimum atomic E-state index is -3.19. The van der Waals surface area contributed by atoms with Gasteiger partial charge in [0.1, 0.15) is 0 Å². The van der Waals surface area contributed by atoms with Gasteiger partial charge in [0.2, 0.25) is 0 Å². The molecule has 0 amide bonds. The zero-order valence-corrected chi connectivity index (χ0v) is 15.3. The Kier molecular flexibility index (Phi) is 13.5. The number of halogens is 1. The second kappa shape index (κ2) is 13.6. The van der Waals surface area contributed by atoms with Crippen molar-refractivity contribution in [3.05, 3.63) is 23.5 Å². The van der Waals surface area contributed by atoms with E-state index in [4.69, 9.17) is 20.6 Å². The first kappa shape index (κ1) is 20.9. The van der Waals surface area contributed by atoms with Gasteiger partial charge in [-0.15, -0.1) is 11.6 Å². The number of alkyl halides is 1. The van der Waals surface area contributed by atoms with Crippen molar-refractivity contribution in [2.24, 2.45) is 0 Å². The zero-order chi connectivity index (χ0) is 16.0. The van der Waals surface area contributed by atoms with E-state index in [2.05, 4.69) is 6.92 Å². The predicted molar refractivity (Wildman–Crippen MR) is 92.2 cm³/mol. The van der Waals surface area contributed by atoms with Crippen molar-refractivity contribution in [1.82, 2.24) is 0 Å². The second-order valence-electron chi connectivity index (χ2n) is 4.69. The molecule has 0 spiro atoms. The van der Waals surface area contributed by atoms with E-state index in [1.165, 1.54) is 12.8 Å². The van der Waals surface area contributed by atoms with Crippen molar-refractivity contribution in [3.63, 3.8) is 0 Å². The smallest absolute Gasteiger partial charge is 0.306 e. The molecule has 0 saturated heterocycles. The van der Waals surface area contributed by atoms with Crippen LogP contribution in [0.4, 0.5) is 0 Å². The van der Waals surface area contributed by atoms with Crippen LogP contribution in [-0.2, 0) is 13.6 Å². The van der Waals surface area contributed by atoms with Gasteiger partial charge in [0.15, 0.2) is 0 Å². The van der Waals surface area contributed by atoms with Gasteiger partial charge in [-0.1, -0.05) is 38.0 Å². The van der Waals surface area contributed by atoms with Crippen LogP contribution < -0.4 is 0 Å². The van der Waals surface area contributed by atoms with E-state index in [1.54, 1.807) is 0 Å². The standard InChI is InChI=1S/C16H30ClO3P/c1-4-7-8-10-13-16(14-11-9-12-15-17)21(18,19-5-2)20-6-3/h11,13-14H,4-10,12,15H2,1-3H3/b14-11+,16-13-. The maximum atomic E-state index is 12.9. The second-order valence-corrected chi connectivity index (χ2v) is 7.10. The normalized spacial score (nSPS) is 13.2. The maximum absolute atomic E-state index is 12.9. The SMILES string of the molecule is CCCCC/C=C(/C=C/CCCCl)P(=O)(OCC)OCC. The summed E-state index contributed by atoms with van der Waals surface area (Å²) in [4.78, 5) is 0. The molecule has 3 nitrogen and oxygen atoms in total. The molecule has 0 N–H and O–H groups in total. The van der Waals surface area contributed by atoms with E-state index < -0.39 is 7.60 Å². The van der Waals surface area contributed by atoms with E-state index in [1.807, 2.05) is 32.1 Å². The molecule has 0 aromatic rings. The van der Waals surface area contributed by atoms with Gasteiger partial charge in [0.25, 0.3) is 0 Å². The van der Waals surface area contributed by atoms with Crippen LogP contribution in [0.5, 0.6) is 0 Å². The average molecular weight is 337 g/mol. The van der Waals surface area contributed by atoms with Gasteiger partial charge in [-0.3, -0.25) is 4.57 Å². The molecule has 0 fully saturated rings. The fourth-order valence-electron chi connectivity index (χ4n) is 1.84. The van der Waals surface area contributed by atoms with Gasteiger partial charge >= 0.3 is 7.60 Å². The maximum Gasteiger partial charge on any atom is 0.360 e. The lowest BCUT2D eigenvalue weighted by molar-refractivity contribution is 0.227. The van der Waals surface area contributed by atoms with Crippen LogP contribution in [-0.4, -0.2) is 19.1 Å². The quantitative estimate of drug-likeness (QED) is 0.171. The van der Waals surface area contributed by atoms with E-state index in [0.29, 0.717) is 24.4 Å². The summed E-state index contributed by atoms with van der Waals surface area (Å²) in [6.07, 6.45) is 12.0. The summed E-state index contributed by atoms with van der Waals surface area (Å²) < 4.78 is 23.7. The molecule has 5 heteroatoms. The number of allylic oxidation sites excluding steroid dienone is 4. The molecule has 0 saturated carbocycles. The lowest BCUT2D eigenvalue weighted by atomic mass is 10.2. The lowest BCUT2D eigenvalue weighted by Crippen LogP contribution is -1.98. The Balaban J connectivity index is 4.96. The highest BCUT2D eigenvalue weighted by Crippen LogP contribution is 2.56. The molecule has 0 rings (SSSR count). The molecule has 0 aliphatic carbocycles. The Morgan fingerprint density at radius 2 is 1.71 bits per heavy atom. The van der Waals surface area contributed by atoms with Crippen LogP contribution in [0.1, 0.15) is 59.3 Å². The van der Waals surface area contributed by atoms with E-state index in [0.717, 1.165) is 25.7 Å². The van der Waals surface area contributed by atoms with Crippen LogP contribution >= 0.6 is 19.2 Å². The van der Waals surface area contributed by atoms with Crippen LogP contribution in [0.3, 0.4) is 0 Å². The summed E-state index contributed by atoms with van der Waals surface area (Å²) in [7, 11) is -3.19. The summed E-state index contributed by atoms with van der Waals surface area (Å²) in [6, 6.07) is 0. The van der Waals surface area contributed by atoms with Crippen LogP contribution in [0.15, 0.2) is 23.5 Å². The Hall–Kier alpha value is -0.0800. The molecule has 0 aliphatic rings. The number of rotatable bonds is 13. The zero-order valence-electron chi connectivity index (χ0n) is 13.6. The fraction of sp³-hybridized carbons (Fsp3) is 0.750. The van der Waals surface area contributed by atoms with Gasteiger partial charge < -0.3 is 9.05 Å². The molecule has 0 unspecified atom stereocenters. The van der Waals surface area contributed by atoms with E-state index >= 15 is 0 Å². The van der Waals surface area contributed by atoms with Crippen LogP contribution in [0.2, 0.25) is 0 Å². The molecule has 0 aromatic carbocycles. The summed E-state index contributed by atoms with van der Waals surface area (Å²) in [5, 5.41) is 0.678. The number of hydrogen-bond acceptors (Lipinski definition) is 3. The highest BCUT2D eigenvalue weighted by Gasteiger charge is 2.27. The first-order valence-corrected chi connectivity index (χ1v) is 10.0.